The van der Waals surface area contributed by atoms with Gasteiger partial charge in [0.1, 0.15) is 4.83 Å². The van der Waals surface area contributed by atoms with Crippen LogP contribution < -0.4 is 16.6 Å². The number of nitrogens with two attached hydrogens (primary N) is 1. The molecule has 2 heterocycles. The van der Waals surface area contributed by atoms with Gasteiger partial charge >= 0.3 is 0 Å². The highest BCUT2D eigenvalue weighted by Crippen LogP contribution is 2.13. The van der Waals surface area contributed by atoms with Gasteiger partial charge in [-0.1, -0.05) is 0 Å². The van der Waals surface area contributed by atoms with E-state index in [1.165, 1.54) is 22.2 Å². The zero-order valence-electron chi connectivity index (χ0n) is 10.5. The fourth-order valence-corrected chi connectivity index (χ4v) is 2.42. The van der Waals surface area contributed by atoms with E-state index in [4.69, 9.17) is 5.73 Å². The first-order valence-corrected chi connectivity index (χ1v) is 6.99. The summed E-state index contributed by atoms with van der Waals surface area (Å²) in [6, 6.07) is 1.76. The number of carbonyl (C=O) groups is 1. The van der Waals surface area contributed by atoms with E-state index in [2.05, 4.69) is 10.3 Å². The molecule has 0 aliphatic rings. The van der Waals surface area contributed by atoms with Crippen LogP contribution in [0.4, 0.5) is 0 Å². The number of thiophene rings is 1. The molecule has 2 rings (SSSR count). The molecule has 0 bridgehead atoms. The molecular formula is C12H16N4O2S. The molecule has 102 valence electrons. The number of nitrogens with zero attached hydrogens (tertiary/aromatic N) is 2. The van der Waals surface area contributed by atoms with Gasteiger partial charge in [0.05, 0.1) is 11.7 Å². The number of hydrogen-bond donors (Lipinski definition) is 2. The smallest absolute Gasteiger partial charge is 0.262 e. The Morgan fingerprint density at radius 3 is 3.16 bits per heavy atom. The summed E-state index contributed by atoms with van der Waals surface area (Å²) in [5.41, 5.74) is 5.24. The van der Waals surface area contributed by atoms with Gasteiger partial charge in [-0.05, 0) is 24.4 Å². The lowest BCUT2D eigenvalue weighted by atomic mass is 10.3. The van der Waals surface area contributed by atoms with Gasteiger partial charge in [-0.3, -0.25) is 14.2 Å². The second-order valence-corrected chi connectivity index (χ2v) is 5.02. The SMILES string of the molecule is NCCCNC(=O)CCn1cnc2sccc2c1=O. The largest absolute Gasteiger partial charge is 0.356 e. The van der Waals surface area contributed by atoms with Crippen molar-refractivity contribution in [3.8, 4) is 0 Å². The maximum atomic E-state index is 12.0. The number of fused-ring (bicyclic) bond motifs is 1. The fourth-order valence-electron chi connectivity index (χ4n) is 1.69. The van der Waals surface area contributed by atoms with Crippen LogP contribution in [-0.4, -0.2) is 28.5 Å². The average Bonchev–Trinajstić information content (AvgIpc) is 2.87. The van der Waals surface area contributed by atoms with Crippen LogP contribution in [0.15, 0.2) is 22.6 Å². The first kappa shape index (κ1) is 13.7. The number of carbonyl (C=O) groups excluding carboxylic acids is 1. The van der Waals surface area contributed by atoms with E-state index in [0.29, 0.717) is 25.0 Å². The topological polar surface area (TPSA) is 90.0 Å². The summed E-state index contributed by atoms with van der Waals surface area (Å²) in [5.74, 6) is -0.0780. The maximum absolute atomic E-state index is 12.0. The minimum absolute atomic E-state index is 0.0780. The third-order valence-electron chi connectivity index (χ3n) is 2.73. The van der Waals surface area contributed by atoms with Gasteiger partial charge in [0.25, 0.3) is 5.56 Å². The summed E-state index contributed by atoms with van der Waals surface area (Å²) in [5, 5.41) is 5.20. The van der Waals surface area contributed by atoms with Crippen molar-refractivity contribution in [3.63, 3.8) is 0 Å². The van der Waals surface area contributed by atoms with Gasteiger partial charge in [-0.15, -0.1) is 11.3 Å². The van der Waals surface area contributed by atoms with Crippen molar-refractivity contribution < 1.29 is 4.79 Å². The van der Waals surface area contributed by atoms with Crippen molar-refractivity contribution in [2.24, 2.45) is 5.73 Å². The van der Waals surface area contributed by atoms with Gasteiger partial charge in [0, 0.05) is 19.5 Å². The molecule has 0 unspecified atom stereocenters. The van der Waals surface area contributed by atoms with Gasteiger partial charge in [-0.2, -0.15) is 0 Å². The van der Waals surface area contributed by atoms with Crippen LogP contribution in [0, 0.1) is 0 Å². The number of amides is 1. The van der Waals surface area contributed by atoms with Crippen LogP contribution in [0.25, 0.3) is 10.2 Å². The Balaban J connectivity index is 1.96. The molecule has 0 aliphatic carbocycles. The summed E-state index contributed by atoms with van der Waals surface area (Å²) >= 11 is 1.43. The first-order valence-electron chi connectivity index (χ1n) is 6.12. The minimum atomic E-state index is -0.0963. The second kappa shape index (κ2) is 6.44. The van der Waals surface area contributed by atoms with Gasteiger partial charge in [0.15, 0.2) is 0 Å². The molecule has 0 fully saturated rings. The number of aryl methyl sites for hydroxylation is 1. The molecule has 0 aliphatic heterocycles. The molecule has 0 saturated heterocycles. The van der Waals surface area contributed by atoms with E-state index < -0.39 is 0 Å². The van der Waals surface area contributed by atoms with Crippen molar-refractivity contribution in [3.05, 3.63) is 28.1 Å². The third-order valence-corrected chi connectivity index (χ3v) is 3.55. The molecule has 0 radical (unpaired) electrons. The Labute approximate surface area is 114 Å². The molecule has 0 atom stereocenters. The van der Waals surface area contributed by atoms with E-state index in [-0.39, 0.29) is 17.9 Å². The van der Waals surface area contributed by atoms with Crippen LogP contribution in [0.2, 0.25) is 0 Å². The molecule has 2 aromatic heterocycles. The lowest BCUT2D eigenvalue weighted by Crippen LogP contribution is -2.28. The molecule has 0 saturated carbocycles. The molecule has 1 amide bonds. The summed E-state index contributed by atoms with van der Waals surface area (Å²) in [6.07, 6.45) is 2.52. The highest BCUT2D eigenvalue weighted by atomic mass is 32.1. The van der Waals surface area contributed by atoms with Crippen LogP contribution in [-0.2, 0) is 11.3 Å². The van der Waals surface area contributed by atoms with Crippen LogP contribution in [0.5, 0.6) is 0 Å². The Hall–Kier alpha value is -1.73. The predicted octanol–water partition coefficient (Wildman–Crippen LogP) is 0.313. The zero-order chi connectivity index (χ0) is 13.7. The maximum Gasteiger partial charge on any atom is 0.262 e. The minimum Gasteiger partial charge on any atom is -0.356 e. The Morgan fingerprint density at radius 1 is 1.53 bits per heavy atom. The highest BCUT2D eigenvalue weighted by Gasteiger charge is 2.06. The Morgan fingerprint density at radius 2 is 2.37 bits per heavy atom. The monoisotopic (exact) mass is 280 g/mol. The van der Waals surface area contributed by atoms with Crippen molar-refractivity contribution in [1.82, 2.24) is 14.9 Å². The quantitative estimate of drug-likeness (QED) is 0.745. The summed E-state index contributed by atoms with van der Waals surface area (Å²) in [4.78, 5) is 28.5. The van der Waals surface area contributed by atoms with Gasteiger partial charge in [-0.25, -0.2) is 4.98 Å². The van der Waals surface area contributed by atoms with E-state index in [1.807, 2.05) is 5.38 Å². The first-order chi connectivity index (χ1) is 9.22. The van der Waals surface area contributed by atoms with Crippen LogP contribution in [0.3, 0.4) is 0 Å². The number of aromatic nitrogens is 2. The van der Waals surface area contributed by atoms with E-state index in [0.717, 1.165) is 11.3 Å². The van der Waals surface area contributed by atoms with Crippen molar-refractivity contribution in [1.29, 1.82) is 0 Å². The number of hydrogen-bond acceptors (Lipinski definition) is 5. The molecule has 2 aromatic rings. The molecule has 0 spiro atoms. The standard InChI is InChI=1S/C12H16N4O2S/c13-4-1-5-14-10(17)2-6-16-8-15-11-9(12(16)18)3-7-19-11/h3,7-8H,1-2,4-6,13H2,(H,14,17). The molecular weight excluding hydrogens is 264 g/mol. The van der Waals surface area contributed by atoms with Crippen molar-refractivity contribution in [2.45, 2.75) is 19.4 Å². The lowest BCUT2D eigenvalue weighted by Gasteiger charge is -2.06. The van der Waals surface area contributed by atoms with Gasteiger partial charge < -0.3 is 11.1 Å². The molecule has 7 heteroatoms. The van der Waals surface area contributed by atoms with Crippen molar-refractivity contribution >= 4 is 27.5 Å². The highest BCUT2D eigenvalue weighted by molar-refractivity contribution is 7.16. The van der Waals surface area contributed by atoms with Crippen molar-refractivity contribution in [2.75, 3.05) is 13.1 Å². The summed E-state index contributed by atoms with van der Waals surface area (Å²) in [6.45, 7) is 1.47. The summed E-state index contributed by atoms with van der Waals surface area (Å²) < 4.78 is 1.47. The average molecular weight is 280 g/mol. The van der Waals surface area contributed by atoms with Crippen LogP contribution >= 0.6 is 11.3 Å². The number of rotatable bonds is 6. The molecule has 0 aromatic carbocycles. The fraction of sp³-hybridized carbons (Fsp3) is 0.417. The van der Waals surface area contributed by atoms with E-state index >= 15 is 0 Å². The predicted molar refractivity (Wildman–Crippen MR) is 75.2 cm³/mol. The third kappa shape index (κ3) is 3.39. The van der Waals surface area contributed by atoms with E-state index in [9.17, 15) is 9.59 Å². The Bertz CT molecular complexity index is 619. The lowest BCUT2D eigenvalue weighted by molar-refractivity contribution is -0.121. The van der Waals surface area contributed by atoms with Gasteiger partial charge in [0.2, 0.25) is 5.91 Å². The normalized spacial score (nSPS) is 10.8. The second-order valence-electron chi connectivity index (χ2n) is 4.12. The molecule has 3 N–H and O–H groups in total. The molecule has 19 heavy (non-hydrogen) atoms. The summed E-state index contributed by atoms with van der Waals surface area (Å²) in [7, 11) is 0. The van der Waals surface area contributed by atoms with Crippen LogP contribution in [0.1, 0.15) is 12.8 Å². The number of nitrogens with one attached hydrogen (secondary N) is 1. The van der Waals surface area contributed by atoms with E-state index in [1.54, 1.807) is 6.07 Å². The zero-order valence-corrected chi connectivity index (χ0v) is 11.3. The molecule has 6 nitrogen and oxygen atoms in total. The Kier molecular flexibility index (Phi) is 4.64.